The molecule has 1 saturated heterocycles. The minimum Gasteiger partial charge on any atom is -0.373 e. The summed E-state index contributed by atoms with van der Waals surface area (Å²) in [4.78, 5) is 0. The predicted molar refractivity (Wildman–Crippen MR) is 36.0 cm³/mol. The summed E-state index contributed by atoms with van der Waals surface area (Å²) < 4.78 is 4.86. The van der Waals surface area contributed by atoms with Crippen molar-refractivity contribution in [3.05, 3.63) is 0 Å². The molecule has 1 aliphatic heterocycles. The molecule has 0 saturated carbocycles. The molecule has 0 amide bonds. The molecule has 0 bridgehead atoms. The molecule has 0 aromatic carbocycles. The van der Waals surface area contributed by atoms with Gasteiger partial charge in [0, 0.05) is 0 Å². The summed E-state index contributed by atoms with van der Waals surface area (Å²) in [6, 6.07) is 0. The van der Waals surface area contributed by atoms with Gasteiger partial charge in [-0.1, -0.05) is 27.2 Å². The van der Waals surface area contributed by atoms with Gasteiger partial charge < -0.3 is 4.74 Å². The second-order valence-electron chi connectivity index (χ2n) is 2.07. The van der Waals surface area contributed by atoms with Gasteiger partial charge in [-0.2, -0.15) is 0 Å². The SMILES string of the molecule is CCC.CCC1CO1. The standard InChI is InChI=1S/C4H8O.C3H8/c1-2-4-3-5-4;1-3-2/h4H,2-3H2,1H3;3H2,1-2H3. The fourth-order valence-corrected chi connectivity index (χ4v) is 0.304. The Morgan fingerprint density at radius 3 is 1.75 bits per heavy atom. The Hall–Kier alpha value is -0.0400. The van der Waals surface area contributed by atoms with E-state index in [1.165, 1.54) is 12.8 Å². The van der Waals surface area contributed by atoms with Gasteiger partial charge in [0.25, 0.3) is 0 Å². The number of hydrogen-bond acceptors (Lipinski definition) is 1. The van der Waals surface area contributed by atoms with Crippen molar-refractivity contribution in [3.8, 4) is 0 Å². The van der Waals surface area contributed by atoms with Crippen LogP contribution in [-0.2, 0) is 4.74 Å². The smallest absolute Gasteiger partial charge is 0.0807 e. The molecular weight excluding hydrogens is 100 g/mol. The summed E-state index contributed by atoms with van der Waals surface area (Å²) in [6.45, 7) is 7.40. The Kier molecular flexibility index (Phi) is 5.08. The Balaban J connectivity index is 0.000000145. The number of ether oxygens (including phenoxy) is 1. The van der Waals surface area contributed by atoms with Crippen LogP contribution in [0.2, 0.25) is 0 Å². The van der Waals surface area contributed by atoms with Crippen molar-refractivity contribution in [3.63, 3.8) is 0 Å². The fraction of sp³-hybridized carbons (Fsp3) is 1.00. The van der Waals surface area contributed by atoms with Crippen molar-refractivity contribution in [2.24, 2.45) is 0 Å². The largest absolute Gasteiger partial charge is 0.373 e. The van der Waals surface area contributed by atoms with Gasteiger partial charge in [0.1, 0.15) is 0 Å². The topological polar surface area (TPSA) is 12.5 Å². The molecule has 1 nitrogen and oxygen atoms in total. The Labute approximate surface area is 52.0 Å². The Morgan fingerprint density at radius 1 is 1.38 bits per heavy atom. The molecule has 1 rings (SSSR count). The molecule has 1 aliphatic rings. The third kappa shape index (κ3) is 5.96. The molecule has 1 heteroatoms. The van der Waals surface area contributed by atoms with E-state index < -0.39 is 0 Å². The Morgan fingerprint density at radius 2 is 1.75 bits per heavy atom. The van der Waals surface area contributed by atoms with Crippen LogP contribution in [0.4, 0.5) is 0 Å². The van der Waals surface area contributed by atoms with Gasteiger partial charge in [-0.3, -0.25) is 0 Å². The van der Waals surface area contributed by atoms with Crippen LogP contribution >= 0.6 is 0 Å². The molecule has 0 aromatic rings. The molecule has 1 unspecified atom stereocenters. The normalized spacial score (nSPS) is 23.6. The summed E-state index contributed by atoms with van der Waals surface area (Å²) >= 11 is 0. The van der Waals surface area contributed by atoms with Gasteiger partial charge in [-0.05, 0) is 6.42 Å². The van der Waals surface area contributed by atoms with Crippen molar-refractivity contribution in [2.45, 2.75) is 39.7 Å². The third-order valence-electron chi connectivity index (χ3n) is 0.858. The van der Waals surface area contributed by atoms with Gasteiger partial charge in [-0.15, -0.1) is 0 Å². The average molecular weight is 116 g/mol. The highest BCUT2D eigenvalue weighted by Crippen LogP contribution is 2.10. The lowest BCUT2D eigenvalue weighted by molar-refractivity contribution is 0.403. The summed E-state index contributed by atoms with van der Waals surface area (Å²) in [6.07, 6.45) is 3.08. The van der Waals surface area contributed by atoms with E-state index in [1.54, 1.807) is 0 Å². The Bertz CT molecular complexity index is 39.7. The van der Waals surface area contributed by atoms with Crippen LogP contribution in [0.15, 0.2) is 0 Å². The lowest BCUT2D eigenvalue weighted by Gasteiger charge is -1.69. The molecule has 1 fully saturated rings. The maximum atomic E-state index is 4.86. The molecule has 0 aliphatic carbocycles. The zero-order valence-corrected chi connectivity index (χ0v) is 6.11. The minimum absolute atomic E-state index is 0.634. The molecule has 0 aromatic heterocycles. The van der Waals surface area contributed by atoms with Crippen molar-refractivity contribution >= 4 is 0 Å². The first kappa shape index (κ1) is 7.96. The first-order valence-corrected chi connectivity index (χ1v) is 3.46. The number of rotatable bonds is 1. The van der Waals surface area contributed by atoms with Crippen molar-refractivity contribution in [1.82, 2.24) is 0 Å². The molecule has 50 valence electrons. The van der Waals surface area contributed by atoms with E-state index in [1.807, 2.05) is 0 Å². The minimum atomic E-state index is 0.634. The number of hydrogen-bond donors (Lipinski definition) is 0. The highest BCUT2D eigenvalue weighted by atomic mass is 16.6. The van der Waals surface area contributed by atoms with Gasteiger partial charge >= 0.3 is 0 Å². The van der Waals surface area contributed by atoms with Crippen molar-refractivity contribution in [2.75, 3.05) is 6.61 Å². The molecule has 0 spiro atoms. The average Bonchev–Trinajstić information content (AvgIpc) is 2.48. The van der Waals surface area contributed by atoms with Crippen LogP contribution in [0.1, 0.15) is 33.6 Å². The highest BCUT2D eigenvalue weighted by molar-refractivity contribution is 4.64. The lowest BCUT2D eigenvalue weighted by Crippen LogP contribution is -1.73. The number of epoxide rings is 1. The van der Waals surface area contributed by atoms with Crippen LogP contribution in [0.3, 0.4) is 0 Å². The molecule has 1 heterocycles. The first-order chi connectivity index (χ1) is 3.85. The van der Waals surface area contributed by atoms with Crippen molar-refractivity contribution in [1.29, 1.82) is 0 Å². The predicted octanol–water partition coefficient (Wildman–Crippen LogP) is 2.21. The summed E-state index contributed by atoms with van der Waals surface area (Å²) in [5, 5.41) is 0. The van der Waals surface area contributed by atoms with E-state index in [4.69, 9.17) is 4.74 Å². The second kappa shape index (κ2) is 5.10. The van der Waals surface area contributed by atoms with E-state index in [9.17, 15) is 0 Å². The summed E-state index contributed by atoms with van der Waals surface area (Å²) in [5.74, 6) is 0. The maximum absolute atomic E-state index is 4.86. The van der Waals surface area contributed by atoms with Crippen LogP contribution in [0.25, 0.3) is 0 Å². The van der Waals surface area contributed by atoms with E-state index in [2.05, 4.69) is 20.8 Å². The van der Waals surface area contributed by atoms with E-state index in [0.717, 1.165) is 6.61 Å². The molecular formula is C7H16O. The van der Waals surface area contributed by atoms with Crippen molar-refractivity contribution < 1.29 is 4.74 Å². The van der Waals surface area contributed by atoms with Crippen LogP contribution in [-0.4, -0.2) is 12.7 Å². The zero-order valence-electron chi connectivity index (χ0n) is 6.11. The highest BCUT2D eigenvalue weighted by Gasteiger charge is 2.18. The molecule has 8 heavy (non-hydrogen) atoms. The quantitative estimate of drug-likeness (QED) is 0.478. The van der Waals surface area contributed by atoms with E-state index in [0.29, 0.717) is 6.10 Å². The fourth-order valence-electron chi connectivity index (χ4n) is 0.304. The molecule has 0 radical (unpaired) electrons. The molecule has 0 N–H and O–H groups in total. The lowest BCUT2D eigenvalue weighted by atomic mass is 10.4. The zero-order chi connectivity index (χ0) is 6.41. The van der Waals surface area contributed by atoms with Crippen LogP contribution in [0.5, 0.6) is 0 Å². The van der Waals surface area contributed by atoms with Gasteiger partial charge in [-0.25, -0.2) is 0 Å². The first-order valence-electron chi connectivity index (χ1n) is 3.46. The summed E-state index contributed by atoms with van der Waals surface area (Å²) in [7, 11) is 0. The van der Waals surface area contributed by atoms with Gasteiger partial charge in [0.2, 0.25) is 0 Å². The second-order valence-corrected chi connectivity index (χ2v) is 2.07. The van der Waals surface area contributed by atoms with Gasteiger partial charge in [0.15, 0.2) is 0 Å². The monoisotopic (exact) mass is 116 g/mol. The van der Waals surface area contributed by atoms with E-state index >= 15 is 0 Å². The van der Waals surface area contributed by atoms with E-state index in [-0.39, 0.29) is 0 Å². The van der Waals surface area contributed by atoms with Crippen LogP contribution < -0.4 is 0 Å². The van der Waals surface area contributed by atoms with Gasteiger partial charge in [0.05, 0.1) is 12.7 Å². The molecule has 1 atom stereocenters. The maximum Gasteiger partial charge on any atom is 0.0807 e. The third-order valence-corrected chi connectivity index (χ3v) is 0.858. The van der Waals surface area contributed by atoms with Crippen LogP contribution in [0, 0.1) is 0 Å². The summed E-state index contributed by atoms with van der Waals surface area (Å²) in [5.41, 5.74) is 0.